The van der Waals surface area contributed by atoms with Gasteiger partial charge in [0.25, 0.3) is 0 Å². The van der Waals surface area contributed by atoms with Crippen LogP contribution in [0.2, 0.25) is 0 Å². The van der Waals surface area contributed by atoms with E-state index in [1.165, 1.54) is 11.1 Å². The van der Waals surface area contributed by atoms with Gasteiger partial charge in [-0.25, -0.2) is 4.98 Å². The van der Waals surface area contributed by atoms with Gasteiger partial charge in [-0.3, -0.25) is 4.79 Å². The molecule has 2 aromatic heterocycles. The minimum Gasteiger partial charge on any atom is -0.497 e. The van der Waals surface area contributed by atoms with Crippen molar-refractivity contribution in [1.29, 1.82) is 0 Å². The van der Waals surface area contributed by atoms with Gasteiger partial charge in [0.2, 0.25) is 5.91 Å². The van der Waals surface area contributed by atoms with Crippen LogP contribution in [-0.2, 0) is 24.4 Å². The molecule has 1 amide bonds. The molecule has 0 fully saturated rings. The second kappa shape index (κ2) is 11.8. The summed E-state index contributed by atoms with van der Waals surface area (Å²) in [7, 11) is 3.27. The highest BCUT2D eigenvalue weighted by molar-refractivity contribution is 5.78. The van der Waals surface area contributed by atoms with Gasteiger partial charge in [0.1, 0.15) is 18.1 Å². The maximum absolute atomic E-state index is 13.9. The second-order valence-corrected chi connectivity index (χ2v) is 10.3. The van der Waals surface area contributed by atoms with Crippen LogP contribution in [-0.4, -0.2) is 41.0 Å². The third-order valence-electron chi connectivity index (χ3n) is 7.76. The molecule has 6 rings (SSSR count). The van der Waals surface area contributed by atoms with Crippen molar-refractivity contribution in [2.45, 2.75) is 31.9 Å². The lowest BCUT2D eigenvalue weighted by Gasteiger charge is -2.30. The first-order valence-corrected chi connectivity index (χ1v) is 13.8. The number of amides is 1. The number of methoxy groups -OCH3 is 2. The first-order chi connectivity index (χ1) is 20.1. The highest BCUT2D eigenvalue weighted by atomic mass is 16.5. The van der Waals surface area contributed by atoms with Crippen molar-refractivity contribution >= 4 is 11.6 Å². The lowest BCUT2D eigenvalue weighted by molar-refractivity contribution is -0.132. The van der Waals surface area contributed by atoms with Crippen LogP contribution in [0.4, 0.5) is 0 Å². The molecule has 7 nitrogen and oxygen atoms in total. The van der Waals surface area contributed by atoms with E-state index in [9.17, 15) is 4.79 Å². The number of carbonyl (C=O) groups excluding carboxylic acids is 1. The van der Waals surface area contributed by atoms with Gasteiger partial charge in [0, 0.05) is 43.9 Å². The van der Waals surface area contributed by atoms with Gasteiger partial charge in [0.05, 0.1) is 19.9 Å². The van der Waals surface area contributed by atoms with Gasteiger partial charge in [-0.1, -0.05) is 54.6 Å². The molecule has 3 aromatic carbocycles. The molecule has 208 valence electrons. The van der Waals surface area contributed by atoms with Crippen molar-refractivity contribution in [3.05, 3.63) is 125 Å². The van der Waals surface area contributed by atoms with Crippen molar-refractivity contribution in [1.82, 2.24) is 14.3 Å². The first kappa shape index (κ1) is 26.4. The number of aromatic nitrogens is 2. The minimum atomic E-state index is -0.289. The smallest absolute Gasteiger partial charge is 0.223 e. The van der Waals surface area contributed by atoms with Crippen LogP contribution in [0.1, 0.15) is 40.3 Å². The Balaban J connectivity index is 1.35. The predicted molar refractivity (Wildman–Crippen MR) is 158 cm³/mol. The molecular weight excluding hydrogens is 514 g/mol. The molecular formula is C34H33N3O4. The summed E-state index contributed by atoms with van der Waals surface area (Å²) in [4.78, 5) is 20.6. The first-order valence-electron chi connectivity index (χ1n) is 13.8. The van der Waals surface area contributed by atoms with Gasteiger partial charge in [-0.2, -0.15) is 0 Å². The number of benzene rings is 3. The minimum absolute atomic E-state index is 0.0951. The number of rotatable bonds is 9. The summed E-state index contributed by atoms with van der Waals surface area (Å²) in [5.41, 5.74) is 6.13. The summed E-state index contributed by atoms with van der Waals surface area (Å²) in [6, 6.07) is 28.1. The van der Waals surface area contributed by atoms with E-state index in [-0.39, 0.29) is 18.2 Å². The number of nitrogens with zero attached hydrogens (tertiary/aromatic N) is 3. The highest BCUT2D eigenvalue weighted by Gasteiger charge is 2.28. The molecule has 1 atom stereocenters. The van der Waals surface area contributed by atoms with Gasteiger partial charge < -0.3 is 23.5 Å². The van der Waals surface area contributed by atoms with E-state index >= 15 is 0 Å². The molecule has 1 unspecified atom stereocenters. The zero-order valence-electron chi connectivity index (χ0n) is 23.3. The molecule has 0 N–H and O–H groups in total. The molecule has 0 saturated heterocycles. The van der Waals surface area contributed by atoms with E-state index in [4.69, 9.17) is 19.2 Å². The topological polar surface area (TPSA) is 65.3 Å². The molecule has 1 aliphatic heterocycles. The Bertz CT molecular complexity index is 1640. The Morgan fingerprint density at radius 1 is 0.902 bits per heavy atom. The monoisotopic (exact) mass is 547 g/mol. The Hall–Kier alpha value is -4.78. The molecule has 7 heteroatoms. The quantitative estimate of drug-likeness (QED) is 0.225. The van der Waals surface area contributed by atoms with E-state index in [0.717, 1.165) is 23.2 Å². The fourth-order valence-electron chi connectivity index (χ4n) is 5.55. The lowest BCUT2D eigenvalue weighted by Crippen LogP contribution is -2.36. The number of hydrogen-bond acceptors (Lipinski definition) is 5. The Kier molecular flexibility index (Phi) is 7.58. The van der Waals surface area contributed by atoms with Crippen molar-refractivity contribution in [2.75, 3.05) is 20.8 Å². The summed E-state index contributed by atoms with van der Waals surface area (Å²) in [5, 5.41) is 0. The third-order valence-corrected chi connectivity index (χ3v) is 7.76. The zero-order valence-corrected chi connectivity index (χ0v) is 23.3. The average Bonchev–Trinajstić information content (AvgIpc) is 3.47. The van der Waals surface area contributed by atoms with Gasteiger partial charge >= 0.3 is 0 Å². The van der Waals surface area contributed by atoms with Crippen LogP contribution in [0.25, 0.3) is 5.65 Å². The van der Waals surface area contributed by atoms with E-state index in [0.29, 0.717) is 42.6 Å². The van der Waals surface area contributed by atoms with Crippen molar-refractivity contribution in [2.24, 2.45) is 0 Å². The molecule has 3 heterocycles. The molecule has 0 saturated carbocycles. The number of ether oxygens (including phenoxy) is 3. The zero-order chi connectivity index (χ0) is 28.2. The van der Waals surface area contributed by atoms with E-state index in [1.807, 2.05) is 88.4 Å². The van der Waals surface area contributed by atoms with Crippen LogP contribution in [0.15, 0.2) is 97.3 Å². The number of imidazole rings is 1. The summed E-state index contributed by atoms with van der Waals surface area (Å²) < 4.78 is 19.4. The SMILES string of the molecule is COc1cc(OC)cc(C(CC(=O)N2CCc3ccccc3C2)c2cnc3c(OCc4ccccc4)cccn23)c1. The normalized spacial score (nSPS) is 13.5. The Morgan fingerprint density at radius 3 is 2.39 bits per heavy atom. The van der Waals surface area contributed by atoms with Crippen LogP contribution >= 0.6 is 0 Å². The van der Waals surface area contributed by atoms with Gasteiger partial charge in [-0.15, -0.1) is 0 Å². The van der Waals surface area contributed by atoms with Crippen LogP contribution in [0, 0.1) is 0 Å². The lowest BCUT2D eigenvalue weighted by atomic mass is 9.91. The van der Waals surface area contributed by atoms with Crippen LogP contribution in [0.3, 0.4) is 0 Å². The fourth-order valence-corrected chi connectivity index (χ4v) is 5.55. The number of fused-ring (bicyclic) bond motifs is 2. The fraction of sp³-hybridized carbons (Fsp3) is 0.235. The Labute approximate surface area is 239 Å². The molecule has 0 spiro atoms. The van der Waals surface area contributed by atoms with Crippen molar-refractivity contribution in [3.63, 3.8) is 0 Å². The van der Waals surface area contributed by atoms with Gasteiger partial charge in [0.15, 0.2) is 11.4 Å². The molecule has 0 bridgehead atoms. The molecule has 0 radical (unpaired) electrons. The van der Waals surface area contributed by atoms with Crippen LogP contribution < -0.4 is 14.2 Å². The number of hydrogen-bond donors (Lipinski definition) is 0. The largest absolute Gasteiger partial charge is 0.497 e. The predicted octanol–water partition coefficient (Wildman–Crippen LogP) is 6.04. The molecule has 1 aliphatic rings. The maximum Gasteiger partial charge on any atom is 0.223 e. The standard InChI is InChI=1S/C34H33N3O4/c1-39-28-17-27(18-29(19-28)40-2)30(20-33(38)36-16-14-25-11-6-7-12-26(25)22-36)31-21-35-34-32(13-8-15-37(31)34)41-23-24-9-4-3-5-10-24/h3-13,15,17-19,21,30H,14,16,20,22-23H2,1-2H3. The number of carbonyl (C=O) groups is 1. The summed E-state index contributed by atoms with van der Waals surface area (Å²) in [6.45, 7) is 1.76. The third kappa shape index (κ3) is 5.61. The highest BCUT2D eigenvalue weighted by Crippen LogP contribution is 2.36. The second-order valence-electron chi connectivity index (χ2n) is 10.3. The molecule has 5 aromatic rings. The van der Waals surface area contributed by atoms with E-state index in [2.05, 4.69) is 18.2 Å². The summed E-state index contributed by atoms with van der Waals surface area (Å²) in [6.07, 6.45) is 4.96. The van der Waals surface area contributed by atoms with Crippen LogP contribution in [0.5, 0.6) is 17.2 Å². The molecule has 0 aliphatic carbocycles. The average molecular weight is 548 g/mol. The maximum atomic E-state index is 13.9. The molecule has 41 heavy (non-hydrogen) atoms. The van der Waals surface area contributed by atoms with Crippen molar-refractivity contribution < 1.29 is 19.0 Å². The van der Waals surface area contributed by atoms with Gasteiger partial charge in [-0.05, 0) is 52.9 Å². The van der Waals surface area contributed by atoms with E-state index in [1.54, 1.807) is 14.2 Å². The summed E-state index contributed by atoms with van der Waals surface area (Å²) >= 11 is 0. The number of pyridine rings is 1. The summed E-state index contributed by atoms with van der Waals surface area (Å²) in [5.74, 6) is 1.83. The van der Waals surface area contributed by atoms with E-state index < -0.39 is 0 Å². The van der Waals surface area contributed by atoms with Crippen molar-refractivity contribution in [3.8, 4) is 17.2 Å². The Morgan fingerprint density at radius 2 is 1.63 bits per heavy atom.